The molecule has 0 aliphatic rings. The van der Waals surface area contributed by atoms with Crippen molar-refractivity contribution in [3.8, 4) is 5.69 Å². The molecule has 0 aliphatic carbocycles. The Morgan fingerprint density at radius 2 is 2.00 bits per heavy atom. The van der Waals surface area contributed by atoms with E-state index >= 15 is 0 Å². The number of imidazole rings is 1. The van der Waals surface area contributed by atoms with Crippen molar-refractivity contribution in [3.05, 3.63) is 48.0 Å². The van der Waals surface area contributed by atoms with Gasteiger partial charge in [0.05, 0.1) is 0 Å². The van der Waals surface area contributed by atoms with Crippen LogP contribution < -0.4 is 5.73 Å². The first kappa shape index (κ1) is 12.2. The normalized spacial score (nSPS) is 12.1. The van der Waals surface area contributed by atoms with Crippen molar-refractivity contribution in [2.75, 3.05) is 0 Å². The summed E-state index contributed by atoms with van der Waals surface area (Å²) in [6.45, 7) is 4.20. The van der Waals surface area contributed by atoms with E-state index in [9.17, 15) is 0 Å². The van der Waals surface area contributed by atoms with Gasteiger partial charge in [0.25, 0.3) is 0 Å². The quantitative estimate of drug-likeness (QED) is 0.375. The highest BCUT2D eigenvalue weighted by Gasteiger charge is 2.08. The fraction of sp³-hybridized carbons (Fsp3) is 0.231. The number of oxime groups is 1. The Balaban J connectivity index is 2.38. The second-order valence-corrected chi connectivity index (χ2v) is 4.34. The van der Waals surface area contributed by atoms with Crippen molar-refractivity contribution in [3.63, 3.8) is 0 Å². The summed E-state index contributed by atoms with van der Waals surface area (Å²) in [5.74, 6) is 1.46. The summed E-state index contributed by atoms with van der Waals surface area (Å²) in [5, 5.41) is 11.6. The smallest absolute Gasteiger partial charge is 0.170 e. The predicted octanol–water partition coefficient (Wildman–Crippen LogP) is 2.09. The summed E-state index contributed by atoms with van der Waals surface area (Å²) < 4.78 is 2.03. The van der Waals surface area contributed by atoms with Crippen molar-refractivity contribution in [1.29, 1.82) is 0 Å². The van der Waals surface area contributed by atoms with Crippen molar-refractivity contribution in [1.82, 2.24) is 9.55 Å². The van der Waals surface area contributed by atoms with Gasteiger partial charge in [0, 0.05) is 29.6 Å². The molecule has 2 rings (SSSR count). The van der Waals surface area contributed by atoms with Gasteiger partial charge in [0.2, 0.25) is 0 Å². The Morgan fingerprint density at radius 3 is 2.56 bits per heavy atom. The molecule has 5 nitrogen and oxygen atoms in total. The van der Waals surface area contributed by atoms with Crippen LogP contribution in [0.1, 0.15) is 31.2 Å². The van der Waals surface area contributed by atoms with Gasteiger partial charge < -0.3 is 15.5 Å². The summed E-state index contributed by atoms with van der Waals surface area (Å²) in [4.78, 5) is 4.34. The minimum atomic E-state index is 0.108. The van der Waals surface area contributed by atoms with Gasteiger partial charge in [-0.2, -0.15) is 0 Å². The van der Waals surface area contributed by atoms with E-state index in [4.69, 9.17) is 10.9 Å². The fourth-order valence-corrected chi connectivity index (χ4v) is 1.81. The van der Waals surface area contributed by atoms with E-state index in [1.807, 2.05) is 35.0 Å². The molecule has 0 fully saturated rings. The molecule has 94 valence electrons. The first-order valence-corrected chi connectivity index (χ1v) is 5.75. The molecule has 0 aliphatic heterocycles. The monoisotopic (exact) mass is 244 g/mol. The largest absolute Gasteiger partial charge is 0.409 e. The molecule has 1 aromatic carbocycles. The molecule has 0 atom stereocenters. The summed E-state index contributed by atoms with van der Waals surface area (Å²) in [6, 6.07) is 7.46. The van der Waals surface area contributed by atoms with E-state index in [0.717, 1.165) is 11.5 Å². The van der Waals surface area contributed by atoms with Gasteiger partial charge in [-0.05, 0) is 24.3 Å². The lowest BCUT2D eigenvalue weighted by Gasteiger charge is -2.10. The zero-order valence-corrected chi connectivity index (χ0v) is 10.4. The van der Waals surface area contributed by atoms with Crippen LogP contribution in [0.25, 0.3) is 5.69 Å². The van der Waals surface area contributed by atoms with Gasteiger partial charge >= 0.3 is 0 Å². The zero-order chi connectivity index (χ0) is 13.1. The third-order valence-electron chi connectivity index (χ3n) is 2.73. The second-order valence-electron chi connectivity index (χ2n) is 4.34. The number of rotatable bonds is 3. The van der Waals surface area contributed by atoms with Gasteiger partial charge in [-0.15, -0.1) is 0 Å². The molecule has 0 saturated carbocycles. The predicted molar refractivity (Wildman–Crippen MR) is 70.2 cm³/mol. The average Bonchev–Trinajstić information content (AvgIpc) is 2.87. The van der Waals surface area contributed by atoms with Crippen LogP contribution in [0.3, 0.4) is 0 Å². The fourth-order valence-electron chi connectivity index (χ4n) is 1.81. The van der Waals surface area contributed by atoms with E-state index in [-0.39, 0.29) is 5.84 Å². The maximum Gasteiger partial charge on any atom is 0.170 e. The van der Waals surface area contributed by atoms with Crippen LogP contribution in [0, 0.1) is 0 Å². The Bertz CT molecular complexity index is 555. The van der Waals surface area contributed by atoms with E-state index < -0.39 is 0 Å². The number of hydrogen-bond donors (Lipinski definition) is 2. The SMILES string of the molecule is CC(C)c1nccn1-c1ccc(C(N)=NO)cc1. The molecular formula is C13H16N4O. The van der Waals surface area contributed by atoms with Crippen LogP contribution in [0.5, 0.6) is 0 Å². The van der Waals surface area contributed by atoms with E-state index in [0.29, 0.717) is 11.5 Å². The molecule has 0 radical (unpaired) electrons. The lowest BCUT2D eigenvalue weighted by Crippen LogP contribution is -2.13. The van der Waals surface area contributed by atoms with Gasteiger partial charge in [-0.25, -0.2) is 4.98 Å². The number of nitrogens with zero attached hydrogens (tertiary/aromatic N) is 3. The Morgan fingerprint density at radius 1 is 1.33 bits per heavy atom. The number of amidine groups is 1. The van der Waals surface area contributed by atoms with Gasteiger partial charge in [0.15, 0.2) is 5.84 Å². The molecule has 0 amide bonds. The zero-order valence-electron chi connectivity index (χ0n) is 10.4. The van der Waals surface area contributed by atoms with Crippen molar-refractivity contribution >= 4 is 5.84 Å². The summed E-state index contributed by atoms with van der Waals surface area (Å²) in [5.41, 5.74) is 7.21. The minimum absolute atomic E-state index is 0.108. The first-order chi connectivity index (χ1) is 8.63. The van der Waals surface area contributed by atoms with Crippen molar-refractivity contribution < 1.29 is 5.21 Å². The number of nitrogens with two attached hydrogens (primary N) is 1. The number of benzene rings is 1. The number of aromatic nitrogens is 2. The van der Waals surface area contributed by atoms with Gasteiger partial charge in [-0.1, -0.05) is 19.0 Å². The molecular weight excluding hydrogens is 228 g/mol. The Kier molecular flexibility index (Phi) is 3.32. The summed E-state index contributed by atoms with van der Waals surface area (Å²) in [6.07, 6.45) is 3.71. The van der Waals surface area contributed by atoms with Crippen LogP contribution in [-0.4, -0.2) is 20.6 Å². The lowest BCUT2D eigenvalue weighted by atomic mass is 10.1. The van der Waals surface area contributed by atoms with Crippen LogP contribution >= 0.6 is 0 Å². The highest BCUT2D eigenvalue weighted by Crippen LogP contribution is 2.17. The van der Waals surface area contributed by atoms with Crippen LogP contribution in [0.15, 0.2) is 41.8 Å². The molecule has 0 bridgehead atoms. The van der Waals surface area contributed by atoms with E-state index in [1.54, 1.807) is 6.20 Å². The molecule has 0 spiro atoms. The third kappa shape index (κ3) is 2.20. The van der Waals surface area contributed by atoms with Crippen LogP contribution in [0.2, 0.25) is 0 Å². The van der Waals surface area contributed by atoms with E-state index in [2.05, 4.69) is 24.0 Å². The molecule has 5 heteroatoms. The Hall–Kier alpha value is -2.30. The second kappa shape index (κ2) is 4.91. The topological polar surface area (TPSA) is 76.4 Å². The molecule has 1 heterocycles. The summed E-state index contributed by atoms with van der Waals surface area (Å²) >= 11 is 0. The van der Waals surface area contributed by atoms with Crippen molar-refractivity contribution in [2.24, 2.45) is 10.9 Å². The molecule has 18 heavy (non-hydrogen) atoms. The van der Waals surface area contributed by atoms with E-state index in [1.165, 1.54) is 0 Å². The maximum atomic E-state index is 8.61. The molecule has 2 aromatic rings. The van der Waals surface area contributed by atoms with Gasteiger partial charge in [0.1, 0.15) is 5.82 Å². The Labute approximate surface area is 106 Å². The van der Waals surface area contributed by atoms with Crippen LogP contribution in [0.4, 0.5) is 0 Å². The standard InChI is InChI=1S/C13H16N4O/c1-9(2)13-15-7-8-17(13)11-5-3-10(4-6-11)12(14)16-18/h3-9,18H,1-2H3,(H2,14,16). The number of hydrogen-bond acceptors (Lipinski definition) is 3. The van der Waals surface area contributed by atoms with Crippen LogP contribution in [-0.2, 0) is 0 Å². The minimum Gasteiger partial charge on any atom is -0.409 e. The highest BCUT2D eigenvalue weighted by molar-refractivity contribution is 5.97. The molecule has 0 saturated heterocycles. The summed E-state index contributed by atoms with van der Waals surface area (Å²) in [7, 11) is 0. The highest BCUT2D eigenvalue weighted by atomic mass is 16.4. The van der Waals surface area contributed by atoms with Gasteiger partial charge in [-0.3, -0.25) is 0 Å². The lowest BCUT2D eigenvalue weighted by molar-refractivity contribution is 0.318. The molecule has 1 aromatic heterocycles. The molecule has 3 N–H and O–H groups in total. The molecule has 0 unspecified atom stereocenters. The first-order valence-electron chi connectivity index (χ1n) is 5.75. The third-order valence-corrected chi connectivity index (χ3v) is 2.73. The average molecular weight is 244 g/mol. The van der Waals surface area contributed by atoms with Crippen molar-refractivity contribution in [2.45, 2.75) is 19.8 Å². The maximum absolute atomic E-state index is 8.61.